The highest BCUT2D eigenvalue weighted by Crippen LogP contribution is 2.39. The predicted octanol–water partition coefficient (Wildman–Crippen LogP) is 1.98. The van der Waals surface area contributed by atoms with Gasteiger partial charge in [-0.2, -0.15) is 0 Å². The van der Waals surface area contributed by atoms with Crippen molar-refractivity contribution in [3.8, 4) is 5.75 Å². The Balaban J connectivity index is 1.93. The average molecular weight is 290 g/mol. The van der Waals surface area contributed by atoms with Gasteiger partial charge in [0.25, 0.3) is 0 Å². The van der Waals surface area contributed by atoms with Gasteiger partial charge in [0.05, 0.1) is 23.4 Å². The lowest BCUT2D eigenvalue weighted by Crippen LogP contribution is -2.41. The van der Waals surface area contributed by atoms with Crippen LogP contribution in [0.25, 0.3) is 0 Å². The molecule has 4 nitrogen and oxygen atoms in total. The van der Waals surface area contributed by atoms with Gasteiger partial charge >= 0.3 is 7.12 Å². The zero-order valence-corrected chi connectivity index (χ0v) is 13.4. The summed E-state index contributed by atoms with van der Waals surface area (Å²) in [6.45, 7) is 10.5. The third-order valence-corrected chi connectivity index (χ3v) is 4.96. The fraction of sp³-hybridized carbons (Fsp3) is 0.625. The molecular formula is C16H23BO4. The second kappa shape index (κ2) is 4.48. The third-order valence-electron chi connectivity index (χ3n) is 4.96. The van der Waals surface area contributed by atoms with E-state index in [1.165, 1.54) is 0 Å². The number of benzene rings is 1. The Morgan fingerprint density at radius 1 is 1.05 bits per heavy atom. The standard InChI is InChI=1S/C16H23BO4/c1-14(2)15(3,4)21-17(20-14)11-6-7-12-13(10-11)19-9-8-16(12,5)18/h6-7,10,18H,8-9H2,1-5H3. The highest BCUT2D eigenvalue weighted by molar-refractivity contribution is 6.62. The first-order valence-corrected chi connectivity index (χ1v) is 7.48. The summed E-state index contributed by atoms with van der Waals surface area (Å²) in [6.07, 6.45) is 0.607. The molecule has 0 spiro atoms. The van der Waals surface area contributed by atoms with E-state index in [1.807, 2.05) is 52.8 Å². The molecule has 114 valence electrons. The van der Waals surface area contributed by atoms with Crippen LogP contribution in [0.4, 0.5) is 0 Å². The number of aliphatic hydroxyl groups is 1. The van der Waals surface area contributed by atoms with Crippen molar-refractivity contribution < 1.29 is 19.2 Å². The van der Waals surface area contributed by atoms with Crippen LogP contribution in [0.3, 0.4) is 0 Å². The van der Waals surface area contributed by atoms with Gasteiger partial charge in [0, 0.05) is 12.0 Å². The Morgan fingerprint density at radius 3 is 2.29 bits per heavy atom. The van der Waals surface area contributed by atoms with Gasteiger partial charge in [-0.3, -0.25) is 0 Å². The zero-order valence-electron chi connectivity index (χ0n) is 13.4. The van der Waals surface area contributed by atoms with Gasteiger partial charge in [-0.25, -0.2) is 0 Å². The smallest absolute Gasteiger partial charge is 0.493 e. The molecule has 21 heavy (non-hydrogen) atoms. The summed E-state index contributed by atoms with van der Waals surface area (Å²) in [6, 6.07) is 5.78. The molecule has 0 radical (unpaired) electrons. The molecule has 2 aliphatic heterocycles. The van der Waals surface area contributed by atoms with Gasteiger partial charge in [0.15, 0.2) is 0 Å². The van der Waals surface area contributed by atoms with Crippen LogP contribution >= 0.6 is 0 Å². The molecule has 1 aromatic carbocycles. The van der Waals surface area contributed by atoms with Crippen LogP contribution < -0.4 is 10.2 Å². The maximum atomic E-state index is 10.4. The van der Waals surface area contributed by atoms with Crippen LogP contribution in [0, 0.1) is 0 Å². The van der Waals surface area contributed by atoms with Crippen molar-refractivity contribution in [2.75, 3.05) is 6.61 Å². The number of hydrogen-bond donors (Lipinski definition) is 1. The van der Waals surface area contributed by atoms with Gasteiger partial charge in [0.2, 0.25) is 0 Å². The molecule has 2 heterocycles. The van der Waals surface area contributed by atoms with E-state index in [2.05, 4.69) is 0 Å². The Labute approximate surface area is 126 Å². The number of hydrogen-bond acceptors (Lipinski definition) is 4. The van der Waals surface area contributed by atoms with Crippen LogP contribution in [0.2, 0.25) is 0 Å². The van der Waals surface area contributed by atoms with Crippen molar-refractivity contribution in [2.45, 2.75) is 57.8 Å². The van der Waals surface area contributed by atoms with Gasteiger partial charge in [-0.05, 0) is 46.1 Å². The minimum Gasteiger partial charge on any atom is -0.493 e. The monoisotopic (exact) mass is 290 g/mol. The van der Waals surface area contributed by atoms with Gasteiger partial charge < -0.3 is 19.2 Å². The van der Waals surface area contributed by atoms with E-state index in [4.69, 9.17) is 14.0 Å². The molecular weight excluding hydrogens is 267 g/mol. The summed E-state index contributed by atoms with van der Waals surface area (Å²) in [5, 5.41) is 10.4. The van der Waals surface area contributed by atoms with E-state index in [9.17, 15) is 5.11 Å². The summed E-state index contributed by atoms with van der Waals surface area (Å²) < 4.78 is 17.8. The molecule has 1 fully saturated rings. The van der Waals surface area contributed by atoms with E-state index < -0.39 is 12.7 Å². The normalized spacial score (nSPS) is 29.9. The van der Waals surface area contributed by atoms with Crippen molar-refractivity contribution in [1.29, 1.82) is 0 Å². The topological polar surface area (TPSA) is 47.9 Å². The first-order valence-electron chi connectivity index (χ1n) is 7.48. The molecule has 0 amide bonds. The third kappa shape index (κ3) is 2.37. The van der Waals surface area contributed by atoms with Crippen molar-refractivity contribution >= 4 is 12.6 Å². The van der Waals surface area contributed by atoms with E-state index in [-0.39, 0.29) is 11.2 Å². The fourth-order valence-electron chi connectivity index (χ4n) is 2.72. The maximum Gasteiger partial charge on any atom is 0.494 e. The zero-order chi connectivity index (χ0) is 15.5. The highest BCUT2D eigenvalue weighted by Gasteiger charge is 2.52. The number of rotatable bonds is 1. The molecule has 1 atom stereocenters. The Bertz CT molecular complexity index is 549. The lowest BCUT2D eigenvalue weighted by molar-refractivity contribution is 0.00578. The van der Waals surface area contributed by atoms with Crippen LogP contribution in [0.5, 0.6) is 5.75 Å². The first-order chi connectivity index (χ1) is 9.62. The Kier molecular flexibility index (Phi) is 3.17. The van der Waals surface area contributed by atoms with E-state index >= 15 is 0 Å². The lowest BCUT2D eigenvalue weighted by Gasteiger charge is -2.32. The average Bonchev–Trinajstić information content (AvgIpc) is 2.57. The minimum atomic E-state index is -0.831. The lowest BCUT2D eigenvalue weighted by atomic mass is 9.77. The molecule has 5 heteroatoms. The number of fused-ring (bicyclic) bond motifs is 1. The molecule has 0 bridgehead atoms. The molecule has 3 rings (SSSR count). The van der Waals surface area contributed by atoms with Crippen LogP contribution in [-0.2, 0) is 14.9 Å². The van der Waals surface area contributed by atoms with Crippen molar-refractivity contribution in [2.24, 2.45) is 0 Å². The molecule has 1 unspecified atom stereocenters. The van der Waals surface area contributed by atoms with Gasteiger partial charge in [0.1, 0.15) is 5.75 Å². The summed E-state index contributed by atoms with van der Waals surface area (Å²) in [7, 11) is -0.407. The highest BCUT2D eigenvalue weighted by atomic mass is 16.7. The Morgan fingerprint density at radius 2 is 1.67 bits per heavy atom. The SMILES string of the molecule is CC1(O)CCOc2cc(B3OC(C)(C)C(C)(C)O3)ccc21. The Hall–Kier alpha value is -1.04. The second-order valence-corrected chi connectivity index (χ2v) is 7.22. The molecule has 1 aromatic rings. The van der Waals surface area contributed by atoms with Crippen LogP contribution in [0.1, 0.15) is 46.6 Å². The van der Waals surface area contributed by atoms with Crippen LogP contribution in [-0.4, -0.2) is 30.0 Å². The fourth-order valence-corrected chi connectivity index (χ4v) is 2.72. The molecule has 1 saturated heterocycles. The molecule has 0 aromatic heterocycles. The first kappa shape index (κ1) is 14.9. The van der Waals surface area contributed by atoms with Crippen molar-refractivity contribution in [3.63, 3.8) is 0 Å². The summed E-state index contributed by atoms with van der Waals surface area (Å²) in [5.74, 6) is 0.721. The second-order valence-electron chi connectivity index (χ2n) is 7.22. The predicted molar refractivity (Wildman–Crippen MR) is 81.8 cm³/mol. The van der Waals surface area contributed by atoms with Crippen molar-refractivity contribution in [1.82, 2.24) is 0 Å². The van der Waals surface area contributed by atoms with E-state index in [0.717, 1.165) is 16.8 Å². The molecule has 1 N–H and O–H groups in total. The van der Waals surface area contributed by atoms with E-state index in [0.29, 0.717) is 13.0 Å². The van der Waals surface area contributed by atoms with Crippen LogP contribution in [0.15, 0.2) is 18.2 Å². The quantitative estimate of drug-likeness (QED) is 0.803. The van der Waals surface area contributed by atoms with Gasteiger partial charge in [-0.1, -0.05) is 12.1 Å². The van der Waals surface area contributed by atoms with Crippen molar-refractivity contribution in [3.05, 3.63) is 23.8 Å². The summed E-state index contributed by atoms with van der Waals surface area (Å²) >= 11 is 0. The molecule has 2 aliphatic rings. The van der Waals surface area contributed by atoms with Gasteiger partial charge in [-0.15, -0.1) is 0 Å². The maximum absolute atomic E-state index is 10.4. The molecule has 0 saturated carbocycles. The summed E-state index contributed by atoms with van der Waals surface area (Å²) in [5.41, 5.74) is 0.195. The minimum absolute atomic E-state index is 0.361. The summed E-state index contributed by atoms with van der Waals surface area (Å²) in [4.78, 5) is 0. The number of ether oxygens (including phenoxy) is 1. The molecule has 0 aliphatic carbocycles. The largest absolute Gasteiger partial charge is 0.494 e. The van der Waals surface area contributed by atoms with E-state index in [1.54, 1.807) is 0 Å².